The van der Waals surface area contributed by atoms with Crippen molar-refractivity contribution in [3.05, 3.63) is 81.1 Å². The van der Waals surface area contributed by atoms with E-state index < -0.39 is 0 Å². The van der Waals surface area contributed by atoms with Crippen LogP contribution in [0.1, 0.15) is 11.1 Å². The molecule has 0 spiro atoms. The Labute approximate surface area is 122 Å². The Balaban J connectivity index is 2.16. The number of aryl methyl sites for hydroxylation is 1. The Morgan fingerprint density at radius 2 is 1.75 bits per heavy atom. The van der Waals surface area contributed by atoms with Crippen LogP contribution < -0.4 is 5.56 Å². The maximum Gasteiger partial charge on any atom is 0.251 e. The zero-order valence-corrected chi connectivity index (χ0v) is 11.9. The molecule has 0 aliphatic heterocycles. The number of halogens is 1. The lowest BCUT2D eigenvalue weighted by atomic mass is 10.1. The molecule has 0 amide bonds. The summed E-state index contributed by atoms with van der Waals surface area (Å²) in [5.41, 5.74) is 3.06. The van der Waals surface area contributed by atoms with Gasteiger partial charge in [-0.3, -0.25) is 4.79 Å². The van der Waals surface area contributed by atoms with Gasteiger partial charge in [0.15, 0.2) is 0 Å². The molecular weight excluding hydrogens is 270 g/mol. The summed E-state index contributed by atoms with van der Waals surface area (Å²) < 4.78 is 1.80. The minimum Gasteiger partial charge on any atom is -0.304 e. The molecule has 0 saturated heterocycles. The third-order valence-corrected chi connectivity index (χ3v) is 3.73. The van der Waals surface area contributed by atoms with Crippen LogP contribution in [0.2, 0.25) is 5.02 Å². The van der Waals surface area contributed by atoms with E-state index in [1.807, 2.05) is 55.5 Å². The van der Waals surface area contributed by atoms with Crippen LogP contribution in [0.5, 0.6) is 0 Å². The molecule has 0 bridgehead atoms. The fourth-order valence-electron chi connectivity index (χ4n) is 2.44. The van der Waals surface area contributed by atoms with E-state index in [1.54, 1.807) is 10.6 Å². The summed E-state index contributed by atoms with van der Waals surface area (Å²) in [6, 6.07) is 17.3. The lowest BCUT2D eigenvalue weighted by Crippen LogP contribution is -2.20. The maximum absolute atomic E-state index is 12.3. The average Bonchev–Trinajstić information content (AvgIpc) is 2.45. The van der Waals surface area contributed by atoms with Gasteiger partial charge in [0.1, 0.15) is 0 Å². The minimum absolute atomic E-state index is 0.0242. The fourth-order valence-corrected chi connectivity index (χ4v) is 2.56. The first kappa shape index (κ1) is 12.9. The van der Waals surface area contributed by atoms with Crippen molar-refractivity contribution in [2.75, 3.05) is 0 Å². The van der Waals surface area contributed by atoms with E-state index in [0.717, 1.165) is 22.0 Å². The third-order valence-electron chi connectivity index (χ3n) is 3.48. The Morgan fingerprint density at radius 3 is 2.50 bits per heavy atom. The van der Waals surface area contributed by atoms with Gasteiger partial charge in [0.2, 0.25) is 0 Å². The third kappa shape index (κ3) is 2.35. The van der Waals surface area contributed by atoms with E-state index in [0.29, 0.717) is 11.6 Å². The van der Waals surface area contributed by atoms with Crippen molar-refractivity contribution in [2.45, 2.75) is 13.5 Å². The first-order valence-electron chi connectivity index (χ1n) is 6.49. The molecule has 20 heavy (non-hydrogen) atoms. The lowest BCUT2D eigenvalue weighted by molar-refractivity contribution is 0.793. The SMILES string of the molecule is Cc1cc(=O)n(Cc2ccc(Cl)cc2)c2ccccc12. The first-order chi connectivity index (χ1) is 9.65. The summed E-state index contributed by atoms with van der Waals surface area (Å²) in [7, 11) is 0. The van der Waals surface area contributed by atoms with Crippen LogP contribution in [0.25, 0.3) is 10.9 Å². The number of hydrogen-bond acceptors (Lipinski definition) is 1. The number of rotatable bonds is 2. The highest BCUT2D eigenvalue weighted by atomic mass is 35.5. The van der Waals surface area contributed by atoms with Gasteiger partial charge in [-0.15, -0.1) is 0 Å². The van der Waals surface area contributed by atoms with Gasteiger partial charge in [0.05, 0.1) is 12.1 Å². The molecule has 3 rings (SSSR count). The van der Waals surface area contributed by atoms with Crippen LogP contribution in [0.4, 0.5) is 0 Å². The average molecular weight is 284 g/mol. The normalized spacial score (nSPS) is 10.9. The lowest BCUT2D eigenvalue weighted by Gasteiger charge is -2.12. The molecule has 0 fully saturated rings. The second-order valence-corrected chi connectivity index (χ2v) is 5.33. The van der Waals surface area contributed by atoms with Crippen molar-refractivity contribution in [2.24, 2.45) is 0 Å². The summed E-state index contributed by atoms with van der Waals surface area (Å²) in [5, 5.41) is 1.82. The van der Waals surface area contributed by atoms with E-state index in [4.69, 9.17) is 11.6 Å². The number of hydrogen-bond donors (Lipinski definition) is 0. The van der Waals surface area contributed by atoms with Gasteiger partial charge < -0.3 is 4.57 Å². The Bertz CT molecular complexity index is 819. The highest BCUT2D eigenvalue weighted by Crippen LogP contribution is 2.17. The summed E-state index contributed by atoms with van der Waals surface area (Å²) in [4.78, 5) is 12.3. The molecule has 0 atom stereocenters. The monoisotopic (exact) mass is 283 g/mol. The highest BCUT2D eigenvalue weighted by molar-refractivity contribution is 6.30. The second kappa shape index (κ2) is 5.14. The first-order valence-corrected chi connectivity index (χ1v) is 6.86. The standard InChI is InChI=1S/C17H14ClNO/c1-12-10-17(20)19(16-5-3-2-4-15(12)16)11-13-6-8-14(18)9-7-13/h2-10H,11H2,1H3. The number of para-hydroxylation sites is 1. The molecule has 3 heteroatoms. The van der Waals surface area contributed by atoms with Gasteiger partial charge in [0.25, 0.3) is 5.56 Å². The molecule has 0 radical (unpaired) electrons. The van der Waals surface area contributed by atoms with Crippen molar-refractivity contribution in [3.8, 4) is 0 Å². The van der Waals surface area contributed by atoms with Crippen molar-refractivity contribution in [1.82, 2.24) is 4.57 Å². The summed E-state index contributed by atoms with van der Waals surface area (Å²) in [6.07, 6.45) is 0. The van der Waals surface area contributed by atoms with Crippen LogP contribution in [0, 0.1) is 6.92 Å². The molecule has 0 unspecified atom stereocenters. The topological polar surface area (TPSA) is 22.0 Å². The van der Waals surface area contributed by atoms with Crippen LogP contribution in [0.15, 0.2) is 59.4 Å². The zero-order valence-electron chi connectivity index (χ0n) is 11.1. The molecule has 1 aromatic heterocycles. The van der Waals surface area contributed by atoms with Gasteiger partial charge in [-0.25, -0.2) is 0 Å². The molecule has 0 saturated carbocycles. The molecule has 2 nitrogen and oxygen atoms in total. The Kier molecular flexibility index (Phi) is 3.33. The molecule has 0 N–H and O–H groups in total. The fraction of sp³-hybridized carbons (Fsp3) is 0.118. The number of aromatic nitrogens is 1. The van der Waals surface area contributed by atoms with E-state index in [-0.39, 0.29) is 5.56 Å². The van der Waals surface area contributed by atoms with E-state index in [1.165, 1.54) is 0 Å². The van der Waals surface area contributed by atoms with E-state index in [9.17, 15) is 4.79 Å². The quantitative estimate of drug-likeness (QED) is 0.696. The van der Waals surface area contributed by atoms with Crippen LogP contribution in [-0.4, -0.2) is 4.57 Å². The predicted octanol–water partition coefficient (Wildman–Crippen LogP) is 4.01. The number of fused-ring (bicyclic) bond motifs is 1. The predicted molar refractivity (Wildman–Crippen MR) is 83.5 cm³/mol. The van der Waals surface area contributed by atoms with Gasteiger partial charge in [0, 0.05) is 16.5 Å². The molecule has 1 heterocycles. The summed E-state index contributed by atoms with van der Waals surface area (Å²) >= 11 is 5.89. The van der Waals surface area contributed by atoms with Gasteiger partial charge in [-0.1, -0.05) is 41.9 Å². The number of nitrogens with zero attached hydrogens (tertiary/aromatic N) is 1. The molecule has 0 aliphatic rings. The number of benzene rings is 2. The van der Waals surface area contributed by atoms with Gasteiger partial charge >= 0.3 is 0 Å². The summed E-state index contributed by atoms with van der Waals surface area (Å²) in [5.74, 6) is 0. The molecular formula is C17H14ClNO. The Morgan fingerprint density at radius 1 is 1.05 bits per heavy atom. The van der Waals surface area contributed by atoms with Crippen LogP contribution in [-0.2, 0) is 6.54 Å². The minimum atomic E-state index is 0.0242. The van der Waals surface area contributed by atoms with Crippen LogP contribution >= 0.6 is 11.6 Å². The zero-order chi connectivity index (χ0) is 14.1. The Hall–Kier alpha value is -2.06. The molecule has 0 aliphatic carbocycles. The maximum atomic E-state index is 12.3. The van der Waals surface area contributed by atoms with Crippen molar-refractivity contribution in [3.63, 3.8) is 0 Å². The van der Waals surface area contributed by atoms with Gasteiger partial charge in [-0.2, -0.15) is 0 Å². The molecule has 2 aromatic carbocycles. The molecule has 3 aromatic rings. The van der Waals surface area contributed by atoms with Gasteiger partial charge in [-0.05, 0) is 36.2 Å². The highest BCUT2D eigenvalue weighted by Gasteiger charge is 2.06. The van der Waals surface area contributed by atoms with Crippen molar-refractivity contribution >= 4 is 22.5 Å². The summed E-state index contributed by atoms with van der Waals surface area (Å²) in [6.45, 7) is 2.52. The van der Waals surface area contributed by atoms with Crippen LogP contribution in [0.3, 0.4) is 0 Å². The molecule has 100 valence electrons. The smallest absolute Gasteiger partial charge is 0.251 e. The van der Waals surface area contributed by atoms with E-state index in [2.05, 4.69) is 0 Å². The number of pyridine rings is 1. The van der Waals surface area contributed by atoms with E-state index >= 15 is 0 Å². The second-order valence-electron chi connectivity index (χ2n) is 4.90. The van der Waals surface area contributed by atoms with Crippen molar-refractivity contribution < 1.29 is 0 Å². The largest absolute Gasteiger partial charge is 0.304 e. The van der Waals surface area contributed by atoms with Crippen molar-refractivity contribution in [1.29, 1.82) is 0 Å².